The number of nitrogens with two attached hydrogens (primary N) is 1. The lowest BCUT2D eigenvalue weighted by Crippen LogP contribution is -2.24. The summed E-state index contributed by atoms with van der Waals surface area (Å²) in [5, 5.41) is 3.91. The van der Waals surface area contributed by atoms with E-state index >= 15 is 0 Å². The van der Waals surface area contributed by atoms with Gasteiger partial charge in [-0.25, -0.2) is 4.79 Å². The summed E-state index contributed by atoms with van der Waals surface area (Å²) in [6.07, 6.45) is 1.52. The van der Waals surface area contributed by atoms with E-state index in [1.807, 2.05) is 31.1 Å². The molecule has 19 heavy (non-hydrogen) atoms. The highest BCUT2D eigenvalue weighted by molar-refractivity contribution is 7.80. The van der Waals surface area contributed by atoms with Crippen molar-refractivity contribution in [2.75, 3.05) is 26.1 Å². The summed E-state index contributed by atoms with van der Waals surface area (Å²) in [4.78, 5) is 13.6. The summed E-state index contributed by atoms with van der Waals surface area (Å²) in [6, 6.07) is 5.33. The number of hydrazone groups is 1. The van der Waals surface area contributed by atoms with Crippen LogP contribution in [0.2, 0.25) is 0 Å². The van der Waals surface area contributed by atoms with Crippen molar-refractivity contribution in [3.63, 3.8) is 0 Å². The number of rotatable bonds is 4. The number of methoxy groups -OCH3 is 1. The van der Waals surface area contributed by atoms with Crippen molar-refractivity contribution < 1.29 is 9.53 Å². The molecule has 0 atom stereocenters. The van der Waals surface area contributed by atoms with Crippen LogP contribution in [-0.4, -0.2) is 38.5 Å². The molecule has 0 unspecified atom stereocenters. The van der Waals surface area contributed by atoms with Crippen molar-refractivity contribution >= 4 is 35.2 Å². The summed E-state index contributed by atoms with van der Waals surface area (Å²) < 4.78 is 4.76. The molecule has 0 saturated carbocycles. The van der Waals surface area contributed by atoms with Crippen LogP contribution >= 0.6 is 12.2 Å². The molecule has 0 aliphatic carbocycles. The Labute approximate surface area is 117 Å². The molecule has 0 saturated heterocycles. The first kappa shape index (κ1) is 14.9. The van der Waals surface area contributed by atoms with Crippen molar-refractivity contribution in [2.24, 2.45) is 10.8 Å². The van der Waals surface area contributed by atoms with Gasteiger partial charge in [0.1, 0.15) is 0 Å². The second-order valence-corrected chi connectivity index (χ2v) is 4.34. The van der Waals surface area contributed by atoms with Gasteiger partial charge in [0.2, 0.25) is 0 Å². The fourth-order valence-electron chi connectivity index (χ4n) is 1.47. The smallest absolute Gasteiger partial charge is 0.339 e. The number of carbonyl (C=O) groups excluding carboxylic acids is 1. The van der Waals surface area contributed by atoms with Crippen LogP contribution in [0, 0.1) is 0 Å². The van der Waals surface area contributed by atoms with Gasteiger partial charge in [-0.15, -0.1) is 0 Å². The van der Waals surface area contributed by atoms with Gasteiger partial charge < -0.3 is 15.4 Å². The van der Waals surface area contributed by atoms with Crippen LogP contribution in [0.1, 0.15) is 15.9 Å². The molecule has 0 spiro atoms. The molecule has 0 aliphatic heterocycles. The first-order chi connectivity index (χ1) is 8.95. The summed E-state index contributed by atoms with van der Waals surface area (Å²) in [5.74, 6) is -0.402. The predicted molar refractivity (Wildman–Crippen MR) is 79.6 cm³/mol. The number of nitrogens with zero attached hydrogens (tertiary/aromatic N) is 2. The standard InChI is InChI=1S/C12H16N4O2S/c1-16(2)10-5-4-8(7-14-15-12(13)19)6-9(10)11(17)18-3/h4-7H,1-3H3,(H3,13,15,19). The molecule has 0 amide bonds. The Bertz CT molecular complexity index is 514. The quantitative estimate of drug-likeness (QED) is 0.366. The molecule has 102 valence electrons. The number of hydrogen-bond acceptors (Lipinski definition) is 5. The third-order valence-corrected chi connectivity index (χ3v) is 2.39. The van der Waals surface area contributed by atoms with Gasteiger partial charge >= 0.3 is 5.97 Å². The number of benzene rings is 1. The minimum atomic E-state index is -0.402. The molecular formula is C12H16N4O2S. The third-order valence-electron chi connectivity index (χ3n) is 2.30. The molecular weight excluding hydrogens is 264 g/mol. The Morgan fingerprint density at radius 3 is 2.74 bits per heavy atom. The lowest BCUT2D eigenvalue weighted by Gasteiger charge is -2.16. The van der Waals surface area contributed by atoms with Crippen LogP contribution in [0.5, 0.6) is 0 Å². The zero-order valence-corrected chi connectivity index (χ0v) is 11.8. The molecule has 1 rings (SSSR count). The lowest BCUT2D eigenvalue weighted by atomic mass is 10.1. The monoisotopic (exact) mass is 280 g/mol. The molecule has 1 aromatic rings. The van der Waals surface area contributed by atoms with E-state index in [1.54, 1.807) is 6.07 Å². The molecule has 0 aliphatic rings. The Kier molecular flexibility index (Phi) is 5.25. The van der Waals surface area contributed by atoms with Crippen LogP contribution in [0.25, 0.3) is 0 Å². The van der Waals surface area contributed by atoms with Crippen molar-refractivity contribution in [1.29, 1.82) is 0 Å². The first-order valence-electron chi connectivity index (χ1n) is 5.44. The first-order valence-corrected chi connectivity index (χ1v) is 5.84. The van der Waals surface area contributed by atoms with Gasteiger partial charge in [-0.1, -0.05) is 6.07 Å². The zero-order chi connectivity index (χ0) is 14.4. The molecule has 6 nitrogen and oxygen atoms in total. The van der Waals surface area contributed by atoms with Gasteiger partial charge in [0.15, 0.2) is 5.11 Å². The van der Waals surface area contributed by atoms with E-state index in [2.05, 4.69) is 22.7 Å². The maximum absolute atomic E-state index is 11.7. The van der Waals surface area contributed by atoms with Crippen molar-refractivity contribution in [3.8, 4) is 0 Å². The van der Waals surface area contributed by atoms with Gasteiger partial charge in [-0.05, 0) is 29.9 Å². The van der Waals surface area contributed by atoms with E-state index in [9.17, 15) is 4.79 Å². The molecule has 7 heteroatoms. The fraction of sp³-hybridized carbons (Fsp3) is 0.250. The second kappa shape index (κ2) is 6.69. The molecule has 0 radical (unpaired) electrons. The number of hydrogen-bond donors (Lipinski definition) is 2. The number of anilines is 1. The Morgan fingerprint density at radius 1 is 1.53 bits per heavy atom. The van der Waals surface area contributed by atoms with Gasteiger partial charge in [0, 0.05) is 14.1 Å². The normalized spacial score (nSPS) is 10.3. The zero-order valence-electron chi connectivity index (χ0n) is 11.0. The summed E-state index contributed by atoms with van der Waals surface area (Å²) in [5.41, 5.74) is 9.66. The van der Waals surface area contributed by atoms with Crippen LogP contribution in [0.15, 0.2) is 23.3 Å². The van der Waals surface area contributed by atoms with Crippen LogP contribution in [-0.2, 0) is 4.74 Å². The minimum absolute atomic E-state index is 0.0781. The van der Waals surface area contributed by atoms with Crippen LogP contribution < -0.4 is 16.1 Å². The van der Waals surface area contributed by atoms with Gasteiger partial charge in [-0.2, -0.15) is 5.10 Å². The molecule has 0 fully saturated rings. The highest BCUT2D eigenvalue weighted by Crippen LogP contribution is 2.20. The van der Waals surface area contributed by atoms with E-state index in [-0.39, 0.29) is 5.11 Å². The molecule has 0 heterocycles. The second-order valence-electron chi connectivity index (χ2n) is 3.90. The highest BCUT2D eigenvalue weighted by atomic mass is 32.1. The van der Waals surface area contributed by atoms with Crippen LogP contribution in [0.3, 0.4) is 0 Å². The minimum Gasteiger partial charge on any atom is -0.465 e. The Morgan fingerprint density at radius 2 is 2.21 bits per heavy atom. The summed E-state index contributed by atoms with van der Waals surface area (Å²) >= 11 is 4.62. The number of carbonyl (C=O) groups is 1. The molecule has 3 N–H and O–H groups in total. The topological polar surface area (TPSA) is 79.9 Å². The maximum Gasteiger partial charge on any atom is 0.339 e. The van der Waals surface area contributed by atoms with Gasteiger partial charge in [-0.3, -0.25) is 5.43 Å². The summed E-state index contributed by atoms with van der Waals surface area (Å²) in [6.45, 7) is 0. The van der Waals surface area contributed by atoms with Crippen LogP contribution in [0.4, 0.5) is 5.69 Å². The number of thiocarbonyl (C=S) groups is 1. The van der Waals surface area contributed by atoms with Crippen molar-refractivity contribution in [2.45, 2.75) is 0 Å². The number of nitrogens with one attached hydrogen (secondary N) is 1. The van der Waals surface area contributed by atoms with Gasteiger partial charge in [0.05, 0.1) is 24.6 Å². The average molecular weight is 280 g/mol. The SMILES string of the molecule is COC(=O)c1cc(C=NNC(N)=S)ccc1N(C)C. The van der Waals surface area contributed by atoms with E-state index in [0.717, 1.165) is 11.3 Å². The van der Waals surface area contributed by atoms with Crippen molar-refractivity contribution in [1.82, 2.24) is 5.43 Å². The number of esters is 1. The Hall–Kier alpha value is -2.15. The predicted octanol–water partition coefficient (Wildman–Crippen LogP) is 0.706. The molecule has 0 aromatic heterocycles. The molecule has 1 aromatic carbocycles. The Balaban J connectivity index is 3.08. The van der Waals surface area contributed by atoms with E-state index in [4.69, 9.17) is 10.5 Å². The molecule has 0 bridgehead atoms. The van der Waals surface area contributed by atoms with E-state index in [0.29, 0.717) is 5.56 Å². The third kappa shape index (κ3) is 4.22. The average Bonchev–Trinajstić information content (AvgIpc) is 2.37. The maximum atomic E-state index is 11.7. The highest BCUT2D eigenvalue weighted by Gasteiger charge is 2.13. The fourth-order valence-corrected chi connectivity index (χ4v) is 1.52. The largest absolute Gasteiger partial charge is 0.465 e. The van der Waals surface area contributed by atoms with Gasteiger partial charge in [0.25, 0.3) is 0 Å². The number of ether oxygens (including phenoxy) is 1. The van der Waals surface area contributed by atoms with Crippen molar-refractivity contribution in [3.05, 3.63) is 29.3 Å². The van der Waals surface area contributed by atoms with E-state index in [1.165, 1.54) is 13.3 Å². The summed E-state index contributed by atoms with van der Waals surface area (Å²) in [7, 11) is 5.05. The lowest BCUT2D eigenvalue weighted by molar-refractivity contribution is 0.0601. The van der Waals surface area contributed by atoms with E-state index < -0.39 is 5.97 Å².